The molecule has 1 saturated heterocycles. The van der Waals surface area contributed by atoms with Crippen LogP contribution >= 0.6 is 0 Å². The van der Waals surface area contributed by atoms with E-state index in [1.165, 1.54) is 45.1 Å². The lowest BCUT2D eigenvalue weighted by Gasteiger charge is -2.32. The minimum atomic E-state index is 0.837. The fourth-order valence-corrected chi connectivity index (χ4v) is 2.38. The highest BCUT2D eigenvalue weighted by Gasteiger charge is 2.22. The Balaban J connectivity index is 0.000000791. The van der Waals surface area contributed by atoms with Crippen LogP contribution in [-0.4, -0.2) is 12.6 Å². The SMILES string of the molecule is CC.CCCC1CCCNC1CCC. The predicted octanol–water partition coefficient (Wildman–Crippen LogP) is 3.98. The highest BCUT2D eigenvalue weighted by atomic mass is 14.9. The zero-order valence-electron chi connectivity index (χ0n) is 10.6. The van der Waals surface area contributed by atoms with Gasteiger partial charge in [-0.15, -0.1) is 0 Å². The largest absolute Gasteiger partial charge is 0.314 e. The van der Waals surface area contributed by atoms with Gasteiger partial charge in [0, 0.05) is 6.04 Å². The van der Waals surface area contributed by atoms with Crippen LogP contribution < -0.4 is 5.32 Å². The molecule has 2 unspecified atom stereocenters. The first-order chi connectivity index (χ1) is 6.88. The van der Waals surface area contributed by atoms with Gasteiger partial charge in [0.2, 0.25) is 0 Å². The van der Waals surface area contributed by atoms with Crippen LogP contribution in [0.3, 0.4) is 0 Å². The second-order valence-electron chi connectivity index (χ2n) is 4.04. The molecule has 1 N–H and O–H groups in total. The third-order valence-electron chi connectivity index (χ3n) is 2.99. The van der Waals surface area contributed by atoms with E-state index in [4.69, 9.17) is 0 Å². The molecule has 0 amide bonds. The molecule has 1 aliphatic heterocycles. The van der Waals surface area contributed by atoms with Gasteiger partial charge in [0.1, 0.15) is 0 Å². The molecule has 0 bridgehead atoms. The van der Waals surface area contributed by atoms with Crippen molar-refractivity contribution in [2.45, 2.75) is 72.3 Å². The minimum absolute atomic E-state index is 0.837. The average molecular weight is 199 g/mol. The van der Waals surface area contributed by atoms with Gasteiger partial charge in [-0.1, -0.05) is 40.5 Å². The maximum Gasteiger partial charge on any atom is 0.00952 e. The van der Waals surface area contributed by atoms with Crippen molar-refractivity contribution in [2.75, 3.05) is 6.54 Å². The van der Waals surface area contributed by atoms with E-state index in [0.717, 1.165) is 12.0 Å². The van der Waals surface area contributed by atoms with Crippen LogP contribution in [0.2, 0.25) is 0 Å². The van der Waals surface area contributed by atoms with E-state index < -0.39 is 0 Å². The van der Waals surface area contributed by atoms with E-state index in [2.05, 4.69) is 19.2 Å². The molecular formula is C13H29N. The van der Waals surface area contributed by atoms with E-state index in [1.807, 2.05) is 13.8 Å². The summed E-state index contributed by atoms with van der Waals surface area (Å²) < 4.78 is 0. The van der Waals surface area contributed by atoms with Crippen molar-refractivity contribution < 1.29 is 0 Å². The van der Waals surface area contributed by atoms with Gasteiger partial charge in [0.05, 0.1) is 0 Å². The summed E-state index contributed by atoms with van der Waals surface area (Å²) in [6.45, 7) is 9.85. The Labute approximate surface area is 90.7 Å². The first kappa shape index (κ1) is 14.0. The topological polar surface area (TPSA) is 12.0 Å². The van der Waals surface area contributed by atoms with Crippen LogP contribution in [0.15, 0.2) is 0 Å². The van der Waals surface area contributed by atoms with E-state index in [9.17, 15) is 0 Å². The van der Waals surface area contributed by atoms with Gasteiger partial charge in [-0.2, -0.15) is 0 Å². The number of hydrogen-bond acceptors (Lipinski definition) is 1. The molecule has 0 radical (unpaired) electrons. The number of rotatable bonds is 4. The van der Waals surface area contributed by atoms with Crippen LogP contribution in [0.5, 0.6) is 0 Å². The average Bonchev–Trinajstić information content (AvgIpc) is 2.25. The fraction of sp³-hybridized carbons (Fsp3) is 1.00. The van der Waals surface area contributed by atoms with Gasteiger partial charge in [-0.25, -0.2) is 0 Å². The van der Waals surface area contributed by atoms with Crippen LogP contribution in [0, 0.1) is 5.92 Å². The summed E-state index contributed by atoms with van der Waals surface area (Å²) in [7, 11) is 0. The summed E-state index contributed by atoms with van der Waals surface area (Å²) >= 11 is 0. The van der Waals surface area contributed by atoms with Crippen molar-refractivity contribution in [2.24, 2.45) is 5.92 Å². The zero-order chi connectivity index (χ0) is 10.8. The maximum absolute atomic E-state index is 3.65. The molecule has 0 aromatic rings. The first-order valence-corrected chi connectivity index (χ1v) is 6.61. The van der Waals surface area contributed by atoms with Crippen LogP contribution in [0.4, 0.5) is 0 Å². The Morgan fingerprint density at radius 2 is 1.71 bits per heavy atom. The second kappa shape index (κ2) is 9.51. The molecule has 86 valence electrons. The smallest absolute Gasteiger partial charge is 0.00952 e. The Bertz CT molecular complexity index is 93.8. The lowest BCUT2D eigenvalue weighted by Crippen LogP contribution is -2.41. The Kier molecular flexibility index (Phi) is 9.49. The molecule has 14 heavy (non-hydrogen) atoms. The number of nitrogens with one attached hydrogen (secondary N) is 1. The van der Waals surface area contributed by atoms with Crippen molar-refractivity contribution in [1.82, 2.24) is 5.32 Å². The normalized spacial score (nSPS) is 26.6. The van der Waals surface area contributed by atoms with E-state index in [-0.39, 0.29) is 0 Å². The molecule has 1 nitrogen and oxygen atoms in total. The minimum Gasteiger partial charge on any atom is -0.314 e. The molecule has 2 atom stereocenters. The molecule has 1 heteroatoms. The van der Waals surface area contributed by atoms with Crippen LogP contribution in [0.25, 0.3) is 0 Å². The van der Waals surface area contributed by atoms with E-state index in [1.54, 1.807) is 0 Å². The third kappa shape index (κ3) is 4.99. The van der Waals surface area contributed by atoms with Gasteiger partial charge >= 0.3 is 0 Å². The van der Waals surface area contributed by atoms with Gasteiger partial charge in [-0.3, -0.25) is 0 Å². The Morgan fingerprint density at radius 1 is 1.07 bits per heavy atom. The molecule has 1 rings (SSSR count). The molecule has 0 aliphatic carbocycles. The molecule has 1 aliphatic rings. The molecule has 0 spiro atoms. The lowest BCUT2D eigenvalue weighted by molar-refractivity contribution is 0.251. The Hall–Kier alpha value is -0.0400. The van der Waals surface area contributed by atoms with Gasteiger partial charge < -0.3 is 5.32 Å². The molecule has 0 saturated carbocycles. The van der Waals surface area contributed by atoms with Gasteiger partial charge in [0.25, 0.3) is 0 Å². The molecule has 0 aromatic heterocycles. The molecule has 0 aromatic carbocycles. The second-order valence-corrected chi connectivity index (χ2v) is 4.04. The van der Waals surface area contributed by atoms with Crippen molar-refractivity contribution >= 4 is 0 Å². The Morgan fingerprint density at radius 3 is 2.29 bits per heavy atom. The van der Waals surface area contributed by atoms with Crippen LogP contribution in [-0.2, 0) is 0 Å². The van der Waals surface area contributed by atoms with E-state index >= 15 is 0 Å². The molecular weight excluding hydrogens is 170 g/mol. The summed E-state index contributed by atoms with van der Waals surface area (Å²) in [5, 5.41) is 3.65. The highest BCUT2D eigenvalue weighted by Crippen LogP contribution is 2.24. The number of hydrogen-bond donors (Lipinski definition) is 1. The fourth-order valence-electron chi connectivity index (χ4n) is 2.38. The first-order valence-electron chi connectivity index (χ1n) is 6.61. The van der Waals surface area contributed by atoms with Gasteiger partial charge in [0.15, 0.2) is 0 Å². The lowest BCUT2D eigenvalue weighted by atomic mass is 9.85. The maximum atomic E-state index is 3.65. The summed E-state index contributed by atoms with van der Waals surface area (Å²) in [4.78, 5) is 0. The standard InChI is InChI=1S/C11H23N.C2H6/c1-3-6-10-8-5-9-12-11(10)7-4-2;1-2/h10-12H,3-9H2,1-2H3;1-2H3. The summed E-state index contributed by atoms with van der Waals surface area (Å²) in [5.41, 5.74) is 0. The van der Waals surface area contributed by atoms with Crippen molar-refractivity contribution in [1.29, 1.82) is 0 Å². The zero-order valence-corrected chi connectivity index (χ0v) is 10.6. The summed E-state index contributed by atoms with van der Waals surface area (Å²) in [6, 6.07) is 0.837. The third-order valence-corrected chi connectivity index (χ3v) is 2.99. The van der Waals surface area contributed by atoms with E-state index in [0.29, 0.717) is 0 Å². The highest BCUT2D eigenvalue weighted by molar-refractivity contribution is 4.80. The van der Waals surface area contributed by atoms with Crippen molar-refractivity contribution in [3.63, 3.8) is 0 Å². The summed E-state index contributed by atoms with van der Waals surface area (Å²) in [6.07, 6.45) is 8.35. The van der Waals surface area contributed by atoms with Crippen molar-refractivity contribution in [3.05, 3.63) is 0 Å². The van der Waals surface area contributed by atoms with Gasteiger partial charge in [-0.05, 0) is 38.1 Å². The summed E-state index contributed by atoms with van der Waals surface area (Å²) in [5.74, 6) is 0.976. The monoisotopic (exact) mass is 199 g/mol. The van der Waals surface area contributed by atoms with Crippen LogP contribution in [0.1, 0.15) is 66.2 Å². The van der Waals surface area contributed by atoms with Crippen molar-refractivity contribution in [3.8, 4) is 0 Å². The predicted molar refractivity (Wildman–Crippen MR) is 65.7 cm³/mol. The quantitative estimate of drug-likeness (QED) is 0.722. The number of piperidine rings is 1. The molecule has 1 fully saturated rings. The molecule has 1 heterocycles.